The lowest BCUT2D eigenvalue weighted by Gasteiger charge is -2.13. The summed E-state index contributed by atoms with van der Waals surface area (Å²) in [5.74, 6) is 1.40. The molecule has 0 radical (unpaired) electrons. The van der Waals surface area contributed by atoms with Crippen LogP contribution < -0.4 is 4.74 Å². The highest BCUT2D eigenvalue weighted by Gasteiger charge is 2.31. The van der Waals surface area contributed by atoms with E-state index in [4.69, 9.17) is 4.74 Å². The van der Waals surface area contributed by atoms with Crippen molar-refractivity contribution in [3.05, 3.63) is 78.4 Å². The number of hydrogen-bond acceptors (Lipinski definition) is 1. The average molecular weight is 246 g/mol. The van der Waals surface area contributed by atoms with Gasteiger partial charge in [-0.25, -0.2) is 0 Å². The smallest absolute Gasteiger partial charge is 0.128 e. The monoisotopic (exact) mass is 246 g/mol. The molecule has 2 unspecified atom stereocenters. The molecule has 1 aliphatic carbocycles. The molecule has 0 fully saturated rings. The fourth-order valence-electron chi connectivity index (χ4n) is 2.85. The maximum atomic E-state index is 6.03. The van der Waals surface area contributed by atoms with E-state index in [0.29, 0.717) is 5.92 Å². The molecule has 0 bridgehead atoms. The Balaban J connectivity index is 1.77. The third kappa shape index (κ3) is 1.70. The zero-order valence-electron chi connectivity index (χ0n) is 10.5. The molecular weight excluding hydrogens is 232 g/mol. The minimum Gasteiger partial charge on any atom is -0.485 e. The summed E-state index contributed by atoms with van der Waals surface area (Å²) in [7, 11) is 0. The molecule has 1 heteroatoms. The van der Waals surface area contributed by atoms with Gasteiger partial charge in [-0.1, -0.05) is 60.7 Å². The molecule has 0 saturated carbocycles. The molecule has 0 N–H and O–H groups in total. The van der Waals surface area contributed by atoms with Gasteiger partial charge in [-0.2, -0.15) is 0 Å². The first-order chi connectivity index (χ1) is 9.42. The highest BCUT2D eigenvalue weighted by molar-refractivity contribution is 5.67. The average Bonchev–Trinajstić information content (AvgIpc) is 2.86. The van der Waals surface area contributed by atoms with Crippen LogP contribution in [0, 0.1) is 0 Å². The van der Waals surface area contributed by atoms with E-state index < -0.39 is 0 Å². The van der Waals surface area contributed by atoms with Crippen LogP contribution in [0.25, 0.3) is 11.1 Å². The summed E-state index contributed by atoms with van der Waals surface area (Å²) in [5.41, 5.74) is 3.74. The first kappa shape index (κ1) is 10.6. The number of ether oxygens (including phenoxy) is 1. The molecule has 0 spiro atoms. The van der Waals surface area contributed by atoms with Crippen molar-refractivity contribution in [3.63, 3.8) is 0 Å². The van der Waals surface area contributed by atoms with Gasteiger partial charge in [0.2, 0.25) is 0 Å². The Morgan fingerprint density at radius 2 is 1.63 bits per heavy atom. The van der Waals surface area contributed by atoms with Crippen molar-refractivity contribution in [1.82, 2.24) is 0 Å². The molecule has 2 aliphatic rings. The molecule has 1 heterocycles. The first-order valence-electron chi connectivity index (χ1n) is 6.63. The molecule has 2 aromatic carbocycles. The minimum atomic E-state index is 0.172. The van der Waals surface area contributed by atoms with Crippen LogP contribution in [0.2, 0.25) is 0 Å². The summed E-state index contributed by atoms with van der Waals surface area (Å²) in [5, 5.41) is 0. The number of rotatable bonds is 1. The predicted octanol–water partition coefficient (Wildman–Crippen LogP) is 4.32. The second-order valence-electron chi connectivity index (χ2n) is 5.00. The molecule has 0 saturated heterocycles. The normalized spacial score (nSPS) is 22.7. The van der Waals surface area contributed by atoms with E-state index >= 15 is 0 Å². The third-order valence-corrected chi connectivity index (χ3v) is 3.83. The van der Waals surface area contributed by atoms with Crippen molar-refractivity contribution in [2.45, 2.75) is 12.0 Å². The molecule has 19 heavy (non-hydrogen) atoms. The molecule has 92 valence electrons. The lowest BCUT2D eigenvalue weighted by molar-refractivity contribution is 0.269. The number of benzene rings is 2. The summed E-state index contributed by atoms with van der Waals surface area (Å²) in [6, 6.07) is 17.0. The summed E-state index contributed by atoms with van der Waals surface area (Å²) < 4.78 is 6.03. The van der Waals surface area contributed by atoms with Crippen LogP contribution in [-0.2, 0) is 0 Å². The van der Waals surface area contributed by atoms with Crippen molar-refractivity contribution in [2.75, 3.05) is 0 Å². The Kier molecular flexibility index (Phi) is 2.31. The molecule has 2 aromatic rings. The van der Waals surface area contributed by atoms with Gasteiger partial charge < -0.3 is 4.74 Å². The molecule has 1 nitrogen and oxygen atoms in total. The molecule has 0 aromatic heterocycles. The minimum absolute atomic E-state index is 0.172. The van der Waals surface area contributed by atoms with Crippen molar-refractivity contribution in [2.24, 2.45) is 0 Å². The largest absolute Gasteiger partial charge is 0.485 e. The zero-order chi connectivity index (χ0) is 12.7. The van der Waals surface area contributed by atoms with Gasteiger partial charge in [0.15, 0.2) is 0 Å². The van der Waals surface area contributed by atoms with Crippen LogP contribution in [0.5, 0.6) is 5.75 Å². The van der Waals surface area contributed by atoms with Gasteiger partial charge in [0.05, 0.1) is 0 Å². The highest BCUT2D eigenvalue weighted by atomic mass is 16.5. The van der Waals surface area contributed by atoms with Crippen molar-refractivity contribution < 1.29 is 4.74 Å². The maximum Gasteiger partial charge on any atom is 0.128 e. The van der Waals surface area contributed by atoms with Crippen molar-refractivity contribution in [1.29, 1.82) is 0 Å². The Morgan fingerprint density at radius 1 is 0.789 bits per heavy atom. The van der Waals surface area contributed by atoms with Crippen LogP contribution in [-0.4, -0.2) is 6.10 Å². The lowest BCUT2D eigenvalue weighted by Crippen LogP contribution is -2.15. The Bertz CT molecular complexity index is 667. The zero-order valence-corrected chi connectivity index (χ0v) is 10.5. The predicted molar refractivity (Wildman–Crippen MR) is 77.3 cm³/mol. The van der Waals surface area contributed by atoms with E-state index in [2.05, 4.69) is 66.8 Å². The fourth-order valence-corrected chi connectivity index (χ4v) is 2.85. The summed E-state index contributed by atoms with van der Waals surface area (Å²) >= 11 is 0. The quantitative estimate of drug-likeness (QED) is 0.728. The molecule has 0 amide bonds. The highest BCUT2D eigenvalue weighted by Crippen LogP contribution is 2.42. The van der Waals surface area contributed by atoms with Crippen LogP contribution in [0.15, 0.2) is 72.8 Å². The van der Waals surface area contributed by atoms with E-state index in [1.807, 2.05) is 6.07 Å². The van der Waals surface area contributed by atoms with E-state index in [0.717, 1.165) is 5.75 Å². The standard InChI is InChI=1S/C18H14O/c1-2-6-13(7-3-1)14-10-11-16-15-8-4-5-9-17(15)19-18(16)12-14/h1-12,15,17H. The van der Waals surface area contributed by atoms with Crippen LogP contribution >= 0.6 is 0 Å². The summed E-state index contributed by atoms with van der Waals surface area (Å²) in [6.07, 6.45) is 8.69. The molecule has 1 aliphatic heterocycles. The second-order valence-corrected chi connectivity index (χ2v) is 5.00. The second kappa shape index (κ2) is 4.13. The van der Waals surface area contributed by atoms with Gasteiger partial charge in [0, 0.05) is 11.5 Å². The van der Waals surface area contributed by atoms with E-state index in [1.54, 1.807) is 0 Å². The first-order valence-corrected chi connectivity index (χ1v) is 6.63. The topological polar surface area (TPSA) is 9.23 Å². The van der Waals surface area contributed by atoms with Crippen LogP contribution in [0.1, 0.15) is 11.5 Å². The Morgan fingerprint density at radius 3 is 2.53 bits per heavy atom. The molecular formula is C18H14O. The van der Waals surface area contributed by atoms with Crippen molar-refractivity contribution >= 4 is 0 Å². The summed E-state index contributed by atoms with van der Waals surface area (Å²) in [6.45, 7) is 0. The van der Waals surface area contributed by atoms with Gasteiger partial charge >= 0.3 is 0 Å². The number of allylic oxidation sites excluding steroid dienone is 2. The van der Waals surface area contributed by atoms with E-state index in [-0.39, 0.29) is 6.10 Å². The molecule has 2 atom stereocenters. The van der Waals surface area contributed by atoms with Gasteiger partial charge in [-0.3, -0.25) is 0 Å². The summed E-state index contributed by atoms with van der Waals surface area (Å²) in [4.78, 5) is 0. The number of hydrogen-bond donors (Lipinski definition) is 0. The fraction of sp³-hybridized carbons (Fsp3) is 0.111. The van der Waals surface area contributed by atoms with Gasteiger partial charge in [0.25, 0.3) is 0 Å². The van der Waals surface area contributed by atoms with E-state index in [1.165, 1.54) is 16.7 Å². The Hall–Kier alpha value is -2.28. The van der Waals surface area contributed by atoms with Crippen molar-refractivity contribution in [3.8, 4) is 16.9 Å². The van der Waals surface area contributed by atoms with Crippen LogP contribution in [0.4, 0.5) is 0 Å². The third-order valence-electron chi connectivity index (χ3n) is 3.83. The Labute approximate surface area is 112 Å². The maximum absolute atomic E-state index is 6.03. The SMILES string of the molecule is C1=CC2Oc3cc(-c4ccccc4)ccc3C2C=C1. The lowest BCUT2D eigenvalue weighted by atomic mass is 9.91. The van der Waals surface area contributed by atoms with Crippen LogP contribution in [0.3, 0.4) is 0 Å². The molecule has 4 rings (SSSR count). The van der Waals surface area contributed by atoms with E-state index in [9.17, 15) is 0 Å². The number of fused-ring (bicyclic) bond motifs is 3. The van der Waals surface area contributed by atoms with Gasteiger partial charge in [-0.05, 0) is 23.3 Å². The van der Waals surface area contributed by atoms with Gasteiger partial charge in [0.1, 0.15) is 11.9 Å². The van der Waals surface area contributed by atoms with Gasteiger partial charge in [-0.15, -0.1) is 0 Å².